The molecule has 0 unspecified atom stereocenters. The fourth-order valence-corrected chi connectivity index (χ4v) is 3.76. The number of hydrogen-bond acceptors (Lipinski definition) is 3. The molecule has 0 saturated heterocycles. The van der Waals surface area contributed by atoms with Crippen LogP contribution in [0.2, 0.25) is 0 Å². The Kier molecular flexibility index (Phi) is 5.74. The zero-order valence-electron chi connectivity index (χ0n) is 16.5. The zero-order chi connectivity index (χ0) is 20.8. The van der Waals surface area contributed by atoms with Gasteiger partial charge in [0, 0.05) is 11.1 Å². The van der Waals surface area contributed by atoms with E-state index < -0.39 is 0 Å². The van der Waals surface area contributed by atoms with E-state index in [0.29, 0.717) is 0 Å². The van der Waals surface area contributed by atoms with Crippen molar-refractivity contribution in [2.45, 2.75) is 19.3 Å². The van der Waals surface area contributed by atoms with E-state index in [1.165, 1.54) is 16.7 Å². The molecule has 2 aliphatic rings. The van der Waals surface area contributed by atoms with Gasteiger partial charge in [-0.1, -0.05) is 72.8 Å². The van der Waals surface area contributed by atoms with E-state index >= 15 is 0 Å². The molecule has 0 radical (unpaired) electrons. The molecule has 3 heteroatoms. The predicted molar refractivity (Wildman–Crippen MR) is 118 cm³/mol. The quantitative estimate of drug-likeness (QED) is 0.445. The van der Waals surface area contributed by atoms with Gasteiger partial charge in [-0.3, -0.25) is 0 Å². The van der Waals surface area contributed by atoms with Gasteiger partial charge in [0.1, 0.15) is 29.2 Å². The minimum absolute atomic E-state index is 0.0860. The number of rotatable bonds is 4. The highest BCUT2D eigenvalue weighted by molar-refractivity contribution is 5.88. The van der Waals surface area contributed by atoms with E-state index in [0.717, 1.165) is 41.9 Å². The first-order chi connectivity index (χ1) is 14.8. The van der Waals surface area contributed by atoms with Crippen LogP contribution in [0.15, 0.2) is 107 Å². The largest absolute Gasteiger partial charge is 0.456 e. The molecule has 0 amide bonds. The number of nitrogens with zero attached hydrogens (tertiary/aromatic N) is 2. The average Bonchev–Trinajstić information content (AvgIpc) is 2.82. The molecule has 1 aliphatic carbocycles. The van der Waals surface area contributed by atoms with Crippen molar-refractivity contribution in [3.63, 3.8) is 0 Å². The fourth-order valence-electron chi connectivity index (χ4n) is 3.76. The van der Waals surface area contributed by atoms with Gasteiger partial charge in [-0.15, -0.1) is 0 Å². The molecule has 0 fully saturated rings. The molecule has 3 nitrogen and oxygen atoms in total. The van der Waals surface area contributed by atoms with E-state index in [1.807, 2.05) is 54.6 Å². The van der Waals surface area contributed by atoms with Crippen LogP contribution in [0.3, 0.4) is 0 Å². The Hall–Kier alpha value is -4.08. The van der Waals surface area contributed by atoms with Crippen molar-refractivity contribution in [1.82, 2.24) is 0 Å². The van der Waals surface area contributed by atoms with Gasteiger partial charge in [0.05, 0.1) is 0 Å². The van der Waals surface area contributed by atoms with Crippen molar-refractivity contribution in [3.8, 4) is 12.1 Å². The van der Waals surface area contributed by atoms with Crippen molar-refractivity contribution in [1.29, 1.82) is 10.5 Å². The maximum atomic E-state index is 8.95. The Morgan fingerprint density at radius 2 is 1.53 bits per heavy atom. The van der Waals surface area contributed by atoms with Gasteiger partial charge >= 0.3 is 0 Å². The van der Waals surface area contributed by atoms with Crippen molar-refractivity contribution >= 4 is 11.3 Å². The third kappa shape index (κ3) is 4.02. The van der Waals surface area contributed by atoms with Gasteiger partial charge in [-0.05, 0) is 48.1 Å². The molecule has 2 aromatic carbocycles. The number of fused-ring (bicyclic) bond motifs is 1. The molecule has 4 rings (SSSR count). The fraction of sp³-hybridized carbons (Fsp3) is 0.111. The Balaban J connectivity index is 1.84. The maximum absolute atomic E-state index is 8.95. The van der Waals surface area contributed by atoms with Gasteiger partial charge in [0.2, 0.25) is 0 Å². The number of ether oxygens (including phenoxy) is 1. The summed E-state index contributed by atoms with van der Waals surface area (Å²) in [4.78, 5) is 0. The summed E-state index contributed by atoms with van der Waals surface area (Å²) in [7, 11) is 0. The predicted octanol–water partition coefficient (Wildman–Crippen LogP) is 6.48. The standard InChI is InChI=1S/C27H20N2O/c28-18-20(19-29)9-7-14-23-15-8-16-24-25(21-10-3-1-4-11-21)17-26(30-27(23)24)22-12-5-2-6-13-22/h1-7,9-14,17H,8,15-16H2/b14-7+. The normalized spacial score (nSPS) is 15.6. The summed E-state index contributed by atoms with van der Waals surface area (Å²) >= 11 is 0. The lowest BCUT2D eigenvalue weighted by Gasteiger charge is -2.29. The summed E-state index contributed by atoms with van der Waals surface area (Å²) < 4.78 is 6.43. The molecule has 0 bridgehead atoms. The molecule has 30 heavy (non-hydrogen) atoms. The van der Waals surface area contributed by atoms with Crippen LogP contribution in [0.4, 0.5) is 0 Å². The first-order valence-electron chi connectivity index (χ1n) is 9.96. The topological polar surface area (TPSA) is 56.8 Å². The van der Waals surface area contributed by atoms with E-state index in [-0.39, 0.29) is 5.57 Å². The summed E-state index contributed by atoms with van der Waals surface area (Å²) in [5.41, 5.74) is 5.76. The van der Waals surface area contributed by atoms with Gasteiger partial charge in [-0.25, -0.2) is 0 Å². The Morgan fingerprint density at radius 1 is 0.867 bits per heavy atom. The van der Waals surface area contributed by atoms with Crippen LogP contribution >= 0.6 is 0 Å². The van der Waals surface area contributed by atoms with Crippen LogP contribution in [-0.2, 0) is 4.74 Å². The highest BCUT2D eigenvalue weighted by Gasteiger charge is 2.26. The van der Waals surface area contributed by atoms with Crippen molar-refractivity contribution < 1.29 is 4.74 Å². The Bertz CT molecular complexity index is 1160. The van der Waals surface area contributed by atoms with Gasteiger partial charge in [-0.2, -0.15) is 10.5 Å². The van der Waals surface area contributed by atoms with Gasteiger partial charge in [0.15, 0.2) is 0 Å². The third-order valence-electron chi connectivity index (χ3n) is 5.20. The number of benzene rings is 2. The first-order valence-corrected chi connectivity index (χ1v) is 9.96. The lowest BCUT2D eigenvalue weighted by Crippen LogP contribution is -2.11. The Morgan fingerprint density at radius 3 is 2.20 bits per heavy atom. The molecule has 1 aliphatic heterocycles. The summed E-state index contributed by atoms with van der Waals surface area (Å²) in [5.74, 6) is 1.72. The van der Waals surface area contributed by atoms with Gasteiger partial charge in [0.25, 0.3) is 0 Å². The van der Waals surface area contributed by atoms with Crippen LogP contribution < -0.4 is 0 Å². The first kappa shape index (κ1) is 19.2. The zero-order valence-corrected chi connectivity index (χ0v) is 16.5. The van der Waals surface area contributed by atoms with Crippen LogP contribution in [0.5, 0.6) is 0 Å². The molecule has 144 valence electrons. The second kappa shape index (κ2) is 8.95. The van der Waals surface area contributed by atoms with Crippen LogP contribution in [0, 0.1) is 22.7 Å². The molecular weight excluding hydrogens is 368 g/mol. The summed E-state index contributed by atoms with van der Waals surface area (Å²) in [6, 6.07) is 24.3. The van der Waals surface area contributed by atoms with Crippen LogP contribution in [0.25, 0.3) is 11.3 Å². The molecule has 0 saturated carbocycles. The highest BCUT2D eigenvalue weighted by atomic mass is 16.5. The number of allylic oxidation sites excluding steroid dienone is 8. The van der Waals surface area contributed by atoms with Crippen LogP contribution in [-0.4, -0.2) is 0 Å². The molecule has 2 aromatic rings. The minimum atomic E-state index is 0.0860. The summed E-state index contributed by atoms with van der Waals surface area (Å²) in [6.45, 7) is 0. The van der Waals surface area contributed by atoms with E-state index in [9.17, 15) is 0 Å². The average molecular weight is 388 g/mol. The van der Waals surface area contributed by atoms with E-state index in [2.05, 4.69) is 30.3 Å². The maximum Gasteiger partial charge on any atom is 0.135 e. The smallest absolute Gasteiger partial charge is 0.135 e. The minimum Gasteiger partial charge on any atom is -0.456 e. The van der Waals surface area contributed by atoms with Crippen LogP contribution in [0.1, 0.15) is 30.4 Å². The molecule has 0 N–H and O–H groups in total. The van der Waals surface area contributed by atoms with Crippen molar-refractivity contribution in [3.05, 3.63) is 119 Å². The molecule has 0 atom stereocenters. The van der Waals surface area contributed by atoms with Gasteiger partial charge < -0.3 is 4.74 Å². The Labute approximate surface area is 176 Å². The lowest BCUT2D eigenvalue weighted by molar-refractivity contribution is 0.372. The second-order valence-corrected chi connectivity index (χ2v) is 7.11. The lowest BCUT2D eigenvalue weighted by atomic mass is 9.85. The SMILES string of the molecule is N#CC(C#N)=C/C=C/C1=C2OC(c3ccccc3)=CC(c3ccccc3)=C2CCC1. The molecule has 1 heterocycles. The molecular formula is C27H20N2O. The summed E-state index contributed by atoms with van der Waals surface area (Å²) in [6.07, 6.45) is 10.3. The van der Waals surface area contributed by atoms with E-state index in [4.69, 9.17) is 15.3 Å². The number of nitriles is 2. The van der Waals surface area contributed by atoms with E-state index in [1.54, 1.807) is 12.2 Å². The molecule has 0 aromatic heterocycles. The number of hydrogen-bond donors (Lipinski definition) is 0. The highest BCUT2D eigenvalue weighted by Crippen LogP contribution is 2.43. The monoisotopic (exact) mass is 388 g/mol. The third-order valence-corrected chi connectivity index (χ3v) is 5.20. The van der Waals surface area contributed by atoms with Crippen molar-refractivity contribution in [2.75, 3.05) is 0 Å². The summed E-state index contributed by atoms with van der Waals surface area (Å²) in [5, 5.41) is 17.9. The van der Waals surface area contributed by atoms with Crippen molar-refractivity contribution in [2.24, 2.45) is 0 Å². The molecule has 0 spiro atoms. The second-order valence-electron chi connectivity index (χ2n) is 7.11.